The van der Waals surface area contributed by atoms with Crippen molar-refractivity contribution in [2.75, 3.05) is 20.3 Å². The molecule has 0 aliphatic carbocycles. The molecule has 8 heteroatoms. The lowest BCUT2D eigenvalue weighted by Crippen LogP contribution is -2.35. The topological polar surface area (TPSA) is 67.9 Å². The van der Waals surface area contributed by atoms with Crippen LogP contribution < -0.4 is 10.1 Å². The summed E-state index contributed by atoms with van der Waals surface area (Å²) in [6.07, 6.45) is 3.25. The highest BCUT2D eigenvalue weighted by molar-refractivity contribution is 9.10. The number of esters is 1. The van der Waals surface area contributed by atoms with Gasteiger partial charge in [0.05, 0.1) is 7.11 Å². The fourth-order valence-electron chi connectivity index (χ4n) is 1.98. The van der Waals surface area contributed by atoms with Crippen LogP contribution in [0.4, 0.5) is 0 Å². The molecule has 0 spiro atoms. The Morgan fingerprint density at radius 1 is 1.50 bits per heavy atom. The zero-order valence-electron chi connectivity index (χ0n) is 12.9. The maximum Gasteiger partial charge on any atom is 0.325 e. The average molecular weight is 411 g/mol. The SMILES string of the molecule is C=CCOc1ccc(Br)cc1/C=C1\NC(=S)N(CC(=O)OC)C1=O. The molecule has 6 nitrogen and oxygen atoms in total. The number of nitrogens with zero attached hydrogens (tertiary/aromatic N) is 1. The van der Waals surface area contributed by atoms with Gasteiger partial charge in [0, 0.05) is 10.0 Å². The van der Waals surface area contributed by atoms with Crippen LogP contribution in [0.3, 0.4) is 0 Å². The maximum atomic E-state index is 12.4. The predicted octanol–water partition coefficient (Wildman–Crippen LogP) is 2.24. The summed E-state index contributed by atoms with van der Waals surface area (Å²) in [4.78, 5) is 24.9. The minimum atomic E-state index is -0.550. The zero-order chi connectivity index (χ0) is 17.7. The molecule has 1 aliphatic heterocycles. The molecular formula is C16H15BrN2O4S. The zero-order valence-corrected chi connectivity index (χ0v) is 15.3. The van der Waals surface area contributed by atoms with E-state index < -0.39 is 11.9 Å². The van der Waals surface area contributed by atoms with E-state index in [4.69, 9.17) is 17.0 Å². The van der Waals surface area contributed by atoms with Crippen molar-refractivity contribution < 1.29 is 19.1 Å². The fraction of sp³-hybridized carbons (Fsp3) is 0.188. The molecular weight excluding hydrogens is 396 g/mol. The molecule has 2 rings (SSSR count). The third-order valence-electron chi connectivity index (χ3n) is 3.11. The van der Waals surface area contributed by atoms with Gasteiger partial charge in [-0.3, -0.25) is 14.5 Å². The molecule has 126 valence electrons. The molecule has 1 aliphatic rings. The molecule has 0 unspecified atom stereocenters. The van der Waals surface area contributed by atoms with E-state index in [-0.39, 0.29) is 17.4 Å². The van der Waals surface area contributed by atoms with Crippen LogP contribution in [-0.4, -0.2) is 42.2 Å². The summed E-state index contributed by atoms with van der Waals surface area (Å²) in [5.41, 5.74) is 0.940. The monoisotopic (exact) mass is 410 g/mol. The molecule has 0 saturated carbocycles. The van der Waals surface area contributed by atoms with Gasteiger partial charge >= 0.3 is 5.97 Å². The van der Waals surface area contributed by atoms with Crippen molar-refractivity contribution in [3.63, 3.8) is 0 Å². The Morgan fingerprint density at radius 3 is 2.92 bits per heavy atom. The van der Waals surface area contributed by atoms with Crippen molar-refractivity contribution in [1.29, 1.82) is 0 Å². The molecule has 0 atom stereocenters. The van der Waals surface area contributed by atoms with Crippen molar-refractivity contribution in [2.24, 2.45) is 0 Å². The van der Waals surface area contributed by atoms with Crippen LogP contribution in [0.1, 0.15) is 5.56 Å². The summed E-state index contributed by atoms with van der Waals surface area (Å²) in [6, 6.07) is 5.43. The van der Waals surface area contributed by atoms with Crippen LogP contribution in [0.25, 0.3) is 6.08 Å². The van der Waals surface area contributed by atoms with E-state index in [1.165, 1.54) is 7.11 Å². The number of carbonyl (C=O) groups excluding carboxylic acids is 2. The second-order valence-electron chi connectivity index (χ2n) is 4.74. The van der Waals surface area contributed by atoms with Crippen molar-refractivity contribution in [3.8, 4) is 5.75 Å². The summed E-state index contributed by atoms with van der Waals surface area (Å²) in [5, 5.41) is 2.96. The molecule has 1 aromatic carbocycles. The molecule has 0 aromatic heterocycles. The van der Waals surface area contributed by atoms with Gasteiger partial charge in [0.2, 0.25) is 0 Å². The Morgan fingerprint density at radius 2 is 2.25 bits per heavy atom. The molecule has 0 radical (unpaired) electrons. The van der Waals surface area contributed by atoms with Gasteiger partial charge in [0.1, 0.15) is 24.6 Å². The first-order chi connectivity index (χ1) is 11.5. The number of amides is 1. The van der Waals surface area contributed by atoms with Crippen LogP contribution in [0.5, 0.6) is 5.75 Å². The third-order valence-corrected chi connectivity index (χ3v) is 3.92. The molecule has 1 amide bonds. The first-order valence-corrected chi connectivity index (χ1v) is 8.11. The van der Waals surface area contributed by atoms with Crippen molar-refractivity contribution in [1.82, 2.24) is 10.2 Å². The smallest absolute Gasteiger partial charge is 0.325 e. The number of nitrogens with one attached hydrogen (secondary N) is 1. The van der Waals surface area contributed by atoms with Gasteiger partial charge in [-0.05, 0) is 36.5 Å². The lowest BCUT2D eigenvalue weighted by molar-refractivity contribution is -0.143. The van der Waals surface area contributed by atoms with E-state index in [0.29, 0.717) is 17.9 Å². The van der Waals surface area contributed by atoms with Crippen molar-refractivity contribution in [3.05, 3.63) is 46.6 Å². The van der Waals surface area contributed by atoms with Gasteiger partial charge in [-0.15, -0.1) is 0 Å². The largest absolute Gasteiger partial charge is 0.489 e. The van der Waals surface area contributed by atoms with Crippen LogP contribution in [-0.2, 0) is 14.3 Å². The number of benzene rings is 1. The molecule has 1 N–H and O–H groups in total. The number of ether oxygens (including phenoxy) is 2. The van der Waals surface area contributed by atoms with Crippen LogP contribution in [0.2, 0.25) is 0 Å². The Labute approximate surface area is 153 Å². The summed E-state index contributed by atoms with van der Waals surface area (Å²) >= 11 is 8.48. The summed E-state index contributed by atoms with van der Waals surface area (Å²) in [7, 11) is 1.25. The number of hydrogen-bond donors (Lipinski definition) is 1. The lowest BCUT2D eigenvalue weighted by atomic mass is 10.1. The maximum absolute atomic E-state index is 12.4. The molecule has 1 heterocycles. The van der Waals surface area contributed by atoms with Gasteiger partial charge in [-0.2, -0.15) is 0 Å². The lowest BCUT2D eigenvalue weighted by Gasteiger charge is -2.11. The number of rotatable bonds is 6. The molecule has 1 aromatic rings. The number of hydrogen-bond acceptors (Lipinski definition) is 5. The van der Waals surface area contributed by atoms with Crippen LogP contribution in [0.15, 0.2) is 41.0 Å². The second-order valence-corrected chi connectivity index (χ2v) is 6.04. The van der Waals surface area contributed by atoms with Gasteiger partial charge in [0.25, 0.3) is 5.91 Å². The highest BCUT2D eigenvalue weighted by Gasteiger charge is 2.32. The number of carbonyl (C=O) groups is 2. The highest BCUT2D eigenvalue weighted by Crippen LogP contribution is 2.26. The second kappa shape index (κ2) is 8.07. The van der Waals surface area contributed by atoms with E-state index in [0.717, 1.165) is 9.37 Å². The van der Waals surface area contributed by atoms with Gasteiger partial charge in [-0.25, -0.2) is 0 Å². The Kier molecular flexibility index (Phi) is 6.10. The fourth-order valence-corrected chi connectivity index (χ4v) is 2.61. The third kappa shape index (κ3) is 4.21. The Balaban J connectivity index is 2.30. The van der Waals surface area contributed by atoms with Gasteiger partial charge < -0.3 is 14.8 Å². The number of halogens is 1. The Hall–Kier alpha value is -2.19. The molecule has 24 heavy (non-hydrogen) atoms. The minimum absolute atomic E-state index is 0.153. The molecule has 1 fully saturated rings. The predicted molar refractivity (Wildman–Crippen MR) is 97.3 cm³/mol. The van der Waals surface area contributed by atoms with E-state index in [1.54, 1.807) is 18.2 Å². The van der Waals surface area contributed by atoms with Crippen LogP contribution in [0, 0.1) is 0 Å². The van der Waals surface area contributed by atoms with Crippen LogP contribution >= 0.6 is 28.1 Å². The van der Waals surface area contributed by atoms with Gasteiger partial charge in [0.15, 0.2) is 5.11 Å². The molecule has 1 saturated heterocycles. The standard InChI is InChI=1S/C16H15BrN2O4S/c1-3-6-23-13-5-4-11(17)7-10(13)8-12-15(21)19(16(24)18-12)9-14(20)22-2/h3-5,7-8H,1,6,9H2,2H3,(H,18,24)/b12-8-. The Bertz CT molecular complexity index is 733. The van der Waals surface area contributed by atoms with E-state index in [2.05, 4.69) is 32.6 Å². The summed E-state index contributed by atoms with van der Waals surface area (Å²) in [6.45, 7) is 3.71. The highest BCUT2D eigenvalue weighted by atomic mass is 79.9. The quantitative estimate of drug-likeness (QED) is 0.335. The average Bonchev–Trinajstić information content (AvgIpc) is 2.81. The molecule has 0 bridgehead atoms. The number of thiocarbonyl (C=S) groups is 1. The van der Waals surface area contributed by atoms with E-state index >= 15 is 0 Å². The summed E-state index contributed by atoms with van der Waals surface area (Å²) < 4.78 is 11.0. The normalized spacial score (nSPS) is 15.4. The first-order valence-electron chi connectivity index (χ1n) is 6.91. The summed E-state index contributed by atoms with van der Waals surface area (Å²) in [5.74, 6) is -0.358. The van der Waals surface area contributed by atoms with E-state index in [9.17, 15) is 9.59 Å². The van der Waals surface area contributed by atoms with Crippen molar-refractivity contribution >= 4 is 51.2 Å². The minimum Gasteiger partial charge on any atom is -0.489 e. The van der Waals surface area contributed by atoms with Crippen molar-refractivity contribution in [2.45, 2.75) is 0 Å². The van der Waals surface area contributed by atoms with Gasteiger partial charge in [-0.1, -0.05) is 28.6 Å². The van der Waals surface area contributed by atoms with E-state index in [1.807, 2.05) is 12.1 Å². The number of methoxy groups -OCH3 is 1. The first kappa shape index (κ1) is 18.2.